The van der Waals surface area contributed by atoms with Crippen LogP contribution in [0.3, 0.4) is 0 Å². The van der Waals surface area contributed by atoms with Crippen LogP contribution in [0.5, 0.6) is 0 Å². The van der Waals surface area contributed by atoms with Gasteiger partial charge in [-0.2, -0.15) is 0 Å². The van der Waals surface area contributed by atoms with Crippen LogP contribution in [0.15, 0.2) is 18.2 Å². The van der Waals surface area contributed by atoms with Gasteiger partial charge in [0, 0.05) is 31.4 Å². The van der Waals surface area contributed by atoms with Gasteiger partial charge in [0.15, 0.2) is 0 Å². The number of benzene rings is 1. The van der Waals surface area contributed by atoms with Gasteiger partial charge < -0.3 is 15.2 Å². The van der Waals surface area contributed by atoms with Gasteiger partial charge in [-0.3, -0.25) is 9.38 Å². The highest BCUT2D eigenvalue weighted by Crippen LogP contribution is 2.32. The minimum absolute atomic E-state index is 0.0648. The molecule has 0 aliphatic carbocycles. The topological polar surface area (TPSA) is 55.4 Å². The lowest BCUT2D eigenvalue weighted by Gasteiger charge is -2.55. The van der Waals surface area contributed by atoms with Crippen LogP contribution in [0.1, 0.15) is 33.3 Å². The lowest BCUT2D eigenvalue weighted by molar-refractivity contribution is -0.943. The van der Waals surface area contributed by atoms with Crippen LogP contribution in [0.25, 0.3) is 0 Å². The molecule has 1 aliphatic heterocycles. The number of anilines is 1. The van der Waals surface area contributed by atoms with Crippen LogP contribution in [0.4, 0.5) is 14.9 Å². The number of hydrogen-bond donors (Lipinski definition) is 1. The van der Waals surface area contributed by atoms with E-state index in [-0.39, 0.29) is 16.3 Å². The number of quaternary nitrogens is 1. The highest BCUT2D eigenvalue weighted by Gasteiger charge is 2.49. The van der Waals surface area contributed by atoms with Crippen molar-refractivity contribution in [1.29, 1.82) is 0 Å². The number of carboxylic acid groups (broad SMARTS) is 1. The first-order valence-electron chi connectivity index (χ1n) is 8.39. The number of nitrogens with zero attached hydrogens (tertiary/aromatic N) is 2. The van der Waals surface area contributed by atoms with Crippen LogP contribution in [0, 0.1) is 5.82 Å². The summed E-state index contributed by atoms with van der Waals surface area (Å²) in [7, 11) is 1.75. The van der Waals surface area contributed by atoms with Crippen molar-refractivity contribution in [3.63, 3.8) is 0 Å². The number of nitrogens with one attached hydrogen (secondary N) is 1. The molecule has 1 saturated heterocycles. The monoisotopic (exact) mass is 337 g/mol. The van der Waals surface area contributed by atoms with Crippen LogP contribution in [-0.2, 0) is 6.54 Å². The van der Waals surface area contributed by atoms with Crippen LogP contribution in [0.2, 0.25) is 0 Å². The fourth-order valence-corrected chi connectivity index (χ4v) is 3.88. The number of carbonyl (C=O) groups is 1. The average molecular weight is 337 g/mol. The van der Waals surface area contributed by atoms with Crippen molar-refractivity contribution < 1.29 is 18.8 Å². The number of rotatable bonds is 3. The molecule has 1 fully saturated rings. The second kappa shape index (κ2) is 6.69. The van der Waals surface area contributed by atoms with Crippen molar-refractivity contribution in [3.8, 4) is 0 Å². The van der Waals surface area contributed by atoms with Crippen LogP contribution < -0.4 is 10.4 Å². The van der Waals surface area contributed by atoms with Crippen LogP contribution in [-0.4, -0.2) is 53.7 Å². The van der Waals surface area contributed by atoms with Crippen molar-refractivity contribution in [2.24, 2.45) is 0 Å². The number of amides is 1. The van der Waals surface area contributed by atoms with E-state index in [4.69, 9.17) is 0 Å². The Kier molecular flexibility index (Phi) is 5.20. The third-order valence-corrected chi connectivity index (χ3v) is 5.30. The minimum atomic E-state index is -1.03. The van der Waals surface area contributed by atoms with E-state index >= 15 is 0 Å². The summed E-state index contributed by atoms with van der Waals surface area (Å²) in [5.74, 6) is -0.239. The molecule has 134 valence electrons. The Bertz CT molecular complexity index is 615. The molecule has 1 aromatic rings. The van der Waals surface area contributed by atoms with Crippen molar-refractivity contribution in [2.45, 2.75) is 45.8 Å². The smallest absolute Gasteiger partial charge is 0.258 e. The second-order valence-electron chi connectivity index (χ2n) is 7.67. The van der Waals surface area contributed by atoms with E-state index in [2.05, 4.69) is 10.2 Å². The third kappa shape index (κ3) is 3.26. The maximum Gasteiger partial charge on any atom is 0.258 e. The molecule has 1 unspecified atom stereocenters. The summed E-state index contributed by atoms with van der Waals surface area (Å²) in [4.78, 5) is 14.0. The molecular weight excluding hydrogens is 309 g/mol. The molecule has 0 saturated carbocycles. The van der Waals surface area contributed by atoms with Gasteiger partial charge >= 0.3 is 0 Å². The molecule has 1 heterocycles. The summed E-state index contributed by atoms with van der Waals surface area (Å²) < 4.78 is 14.1. The molecule has 2 rings (SSSR count). The second-order valence-corrected chi connectivity index (χ2v) is 7.67. The Labute approximate surface area is 143 Å². The molecule has 1 amide bonds. The van der Waals surface area contributed by atoms with Gasteiger partial charge in [0.2, 0.25) is 0 Å². The Balaban J connectivity index is 2.15. The molecule has 0 aromatic heterocycles. The molecule has 0 radical (unpaired) electrons. The van der Waals surface area contributed by atoms with E-state index in [0.717, 1.165) is 5.69 Å². The van der Waals surface area contributed by atoms with Gasteiger partial charge in [-0.1, -0.05) is 6.07 Å². The summed E-state index contributed by atoms with van der Waals surface area (Å²) in [5.41, 5.74) is 0.929. The lowest BCUT2D eigenvalue weighted by Crippen LogP contribution is -2.76. The molecule has 5 nitrogen and oxygen atoms in total. The molecule has 0 spiro atoms. The number of piperazine rings is 1. The fourth-order valence-electron chi connectivity index (χ4n) is 3.88. The van der Waals surface area contributed by atoms with Crippen molar-refractivity contribution in [2.75, 3.05) is 32.0 Å². The normalized spacial score (nSPS) is 25.5. The van der Waals surface area contributed by atoms with Gasteiger partial charge in [-0.25, -0.2) is 4.39 Å². The SMILES string of the molecule is CNc1ccc(CN2CC[N+](C(=O)[O-])(C(C)(C)C)[C@@H](C)C2)c(F)c1. The van der Waals surface area contributed by atoms with Gasteiger partial charge in [-0.05, 0) is 39.8 Å². The van der Waals surface area contributed by atoms with E-state index in [0.29, 0.717) is 31.7 Å². The predicted octanol–water partition coefficient (Wildman–Crippen LogP) is 2.03. The zero-order valence-electron chi connectivity index (χ0n) is 15.2. The van der Waals surface area contributed by atoms with Crippen molar-refractivity contribution in [3.05, 3.63) is 29.6 Å². The molecular formula is C18H28FN3O2. The summed E-state index contributed by atoms with van der Waals surface area (Å²) >= 11 is 0. The maximum absolute atomic E-state index is 14.2. The standard InChI is InChI=1S/C18H28FN3O2/c1-13-11-21(8-9-22(13,17(23)24)18(2,3)4)12-14-6-7-15(20-5)10-16(14)19/h6-7,10,13,20H,8-9,11-12H2,1-5H3/t13-,22?/m0/s1. The van der Waals surface area contributed by atoms with E-state index in [1.165, 1.54) is 6.07 Å². The Morgan fingerprint density at radius 3 is 2.58 bits per heavy atom. The van der Waals surface area contributed by atoms with Gasteiger partial charge in [0.05, 0.1) is 18.6 Å². The van der Waals surface area contributed by atoms with E-state index < -0.39 is 11.6 Å². The predicted molar refractivity (Wildman–Crippen MR) is 91.0 cm³/mol. The first-order chi connectivity index (χ1) is 11.1. The lowest BCUT2D eigenvalue weighted by atomic mass is 9.95. The molecule has 24 heavy (non-hydrogen) atoms. The zero-order valence-corrected chi connectivity index (χ0v) is 15.2. The average Bonchev–Trinajstić information content (AvgIpc) is 2.47. The highest BCUT2D eigenvalue weighted by molar-refractivity contribution is 5.55. The van der Waals surface area contributed by atoms with Gasteiger partial charge in [-0.15, -0.1) is 0 Å². The molecule has 0 bridgehead atoms. The Morgan fingerprint density at radius 2 is 2.12 bits per heavy atom. The largest absolute Gasteiger partial charge is 0.498 e. The van der Waals surface area contributed by atoms with Crippen molar-refractivity contribution >= 4 is 11.8 Å². The summed E-state index contributed by atoms with van der Waals surface area (Å²) in [6.45, 7) is 9.89. The number of carbonyl (C=O) groups excluding carboxylic acids is 1. The van der Waals surface area contributed by atoms with Gasteiger partial charge in [0.1, 0.15) is 11.9 Å². The third-order valence-electron chi connectivity index (χ3n) is 5.30. The summed E-state index contributed by atoms with van der Waals surface area (Å²) in [6, 6.07) is 5.00. The Hall–Kier alpha value is -1.66. The van der Waals surface area contributed by atoms with E-state index in [9.17, 15) is 14.3 Å². The maximum atomic E-state index is 14.2. The summed E-state index contributed by atoms with van der Waals surface area (Å²) in [6.07, 6.45) is -1.03. The van der Waals surface area contributed by atoms with Crippen LogP contribution >= 0.6 is 0 Å². The number of hydrogen-bond acceptors (Lipinski definition) is 4. The molecule has 1 aliphatic rings. The summed E-state index contributed by atoms with van der Waals surface area (Å²) in [5, 5.41) is 14.8. The molecule has 1 aromatic carbocycles. The van der Waals surface area contributed by atoms with E-state index in [1.54, 1.807) is 13.1 Å². The Morgan fingerprint density at radius 1 is 1.46 bits per heavy atom. The van der Waals surface area contributed by atoms with Crippen molar-refractivity contribution in [1.82, 2.24) is 4.90 Å². The fraction of sp³-hybridized carbons (Fsp3) is 0.611. The quantitative estimate of drug-likeness (QED) is 0.858. The molecule has 1 N–H and O–H groups in total. The first kappa shape index (κ1) is 18.7. The highest BCUT2D eigenvalue weighted by atomic mass is 19.1. The minimum Gasteiger partial charge on any atom is -0.498 e. The zero-order chi connectivity index (χ0) is 18.1. The first-order valence-corrected chi connectivity index (χ1v) is 8.39. The van der Waals surface area contributed by atoms with E-state index in [1.807, 2.05) is 33.8 Å². The van der Waals surface area contributed by atoms with Gasteiger partial charge in [0.25, 0.3) is 6.09 Å². The number of halogens is 1. The molecule has 2 atom stereocenters. The molecule has 6 heteroatoms.